The fraction of sp³-hybridized carbons (Fsp3) is 0.375. The highest BCUT2D eigenvalue weighted by molar-refractivity contribution is 5.78. The van der Waals surface area contributed by atoms with Gasteiger partial charge in [-0.25, -0.2) is 4.79 Å². The molecule has 0 spiro atoms. The largest absolute Gasteiger partial charge is 0.496 e. The number of hydrogen-bond acceptors (Lipinski definition) is 6. The van der Waals surface area contributed by atoms with Crippen molar-refractivity contribution < 1.29 is 23.8 Å². The van der Waals surface area contributed by atoms with Gasteiger partial charge < -0.3 is 19.5 Å². The molecule has 0 radical (unpaired) electrons. The Labute approximate surface area is 231 Å². The van der Waals surface area contributed by atoms with E-state index in [1.165, 1.54) is 12.7 Å². The number of carbonyl (C=O) groups excluding carboxylic acids is 2. The summed E-state index contributed by atoms with van der Waals surface area (Å²) < 4.78 is 16.7. The van der Waals surface area contributed by atoms with Gasteiger partial charge in [-0.2, -0.15) is 0 Å². The molecule has 0 saturated carbocycles. The van der Waals surface area contributed by atoms with Gasteiger partial charge in [-0.05, 0) is 35.6 Å². The van der Waals surface area contributed by atoms with Gasteiger partial charge >= 0.3 is 12.1 Å². The number of rotatable bonds is 9. The fourth-order valence-electron chi connectivity index (χ4n) is 5.43. The molecule has 7 nitrogen and oxygen atoms in total. The second kappa shape index (κ2) is 12.8. The lowest BCUT2D eigenvalue weighted by molar-refractivity contribution is -0.146. The number of ether oxygens (including phenoxy) is 3. The van der Waals surface area contributed by atoms with Crippen LogP contribution in [0.3, 0.4) is 0 Å². The Hall–Kier alpha value is -3.84. The van der Waals surface area contributed by atoms with Crippen LogP contribution in [0, 0.1) is 5.92 Å². The van der Waals surface area contributed by atoms with E-state index < -0.39 is 30.1 Å². The van der Waals surface area contributed by atoms with Gasteiger partial charge in [-0.1, -0.05) is 86.6 Å². The summed E-state index contributed by atoms with van der Waals surface area (Å²) in [5.41, 5.74) is 3.98. The molecule has 1 heterocycles. The first kappa shape index (κ1) is 28.2. The van der Waals surface area contributed by atoms with Gasteiger partial charge in [0.05, 0.1) is 26.2 Å². The smallest absolute Gasteiger partial charge is 0.410 e. The minimum absolute atomic E-state index is 0.143. The van der Waals surface area contributed by atoms with Gasteiger partial charge in [-0.15, -0.1) is 0 Å². The summed E-state index contributed by atoms with van der Waals surface area (Å²) >= 11 is 0. The average Bonchev–Trinajstić information content (AvgIpc) is 3.26. The zero-order valence-corrected chi connectivity index (χ0v) is 23.3. The SMILES string of the molecule is COC(=O)C1C(NCc2cc(C(C)C)ccc2OC)C(c2ccccc2)N(C(=O)OCc2ccccc2)C1C. The third kappa shape index (κ3) is 6.25. The number of methoxy groups -OCH3 is 2. The molecule has 0 aliphatic carbocycles. The standard InChI is InChI=1S/C32H38N2O5/c1-21(2)25-16-17-27(37-4)26(18-25)19-33-29-28(31(35)38-5)22(3)34(30(29)24-14-10-7-11-15-24)32(36)39-20-23-12-8-6-9-13-23/h6-18,21-22,28-30,33H,19-20H2,1-5H3. The summed E-state index contributed by atoms with van der Waals surface area (Å²) in [5.74, 6) is 0.143. The second-order valence-electron chi connectivity index (χ2n) is 10.2. The summed E-state index contributed by atoms with van der Waals surface area (Å²) in [6.07, 6.45) is -0.474. The van der Waals surface area contributed by atoms with Crippen LogP contribution in [-0.4, -0.2) is 43.3 Å². The molecular formula is C32H38N2O5. The Morgan fingerprint density at radius 2 is 1.62 bits per heavy atom. The van der Waals surface area contributed by atoms with E-state index in [1.54, 1.807) is 12.0 Å². The minimum Gasteiger partial charge on any atom is -0.496 e. The van der Waals surface area contributed by atoms with Crippen LogP contribution in [0.4, 0.5) is 4.79 Å². The van der Waals surface area contributed by atoms with Gasteiger partial charge in [0.25, 0.3) is 0 Å². The molecule has 1 saturated heterocycles. The first-order valence-corrected chi connectivity index (χ1v) is 13.4. The van der Waals surface area contributed by atoms with Gasteiger partial charge in [0.15, 0.2) is 0 Å². The summed E-state index contributed by atoms with van der Waals surface area (Å²) in [6.45, 7) is 6.77. The van der Waals surface area contributed by atoms with E-state index in [4.69, 9.17) is 14.2 Å². The Morgan fingerprint density at radius 3 is 2.23 bits per heavy atom. The third-order valence-corrected chi connectivity index (χ3v) is 7.51. The van der Waals surface area contributed by atoms with Gasteiger partial charge in [0.2, 0.25) is 0 Å². The Kier molecular flexibility index (Phi) is 9.25. The number of likely N-dealkylation sites (tertiary alicyclic amines) is 1. The first-order valence-electron chi connectivity index (χ1n) is 13.4. The lowest BCUT2D eigenvalue weighted by Gasteiger charge is -2.30. The van der Waals surface area contributed by atoms with Crippen molar-refractivity contribution >= 4 is 12.1 Å². The Balaban J connectivity index is 1.68. The molecule has 3 aromatic rings. The minimum atomic E-state index is -0.608. The predicted octanol–water partition coefficient (Wildman–Crippen LogP) is 5.85. The maximum Gasteiger partial charge on any atom is 0.410 e. The number of nitrogens with one attached hydrogen (secondary N) is 1. The van der Waals surface area contributed by atoms with Crippen molar-refractivity contribution in [1.29, 1.82) is 0 Å². The molecule has 0 bridgehead atoms. The highest BCUT2D eigenvalue weighted by Crippen LogP contribution is 2.42. The quantitative estimate of drug-likeness (QED) is 0.350. The van der Waals surface area contributed by atoms with E-state index in [1.807, 2.05) is 73.7 Å². The topological polar surface area (TPSA) is 77.1 Å². The summed E-state index contributed by atoms with van der Waals surface area (Å²) in [6, 6.07) is 24.1. The van der Waals surface area contributed by atoms with Gasteiger partial charge in [0.1, 0.15) is 12.4 Å². The van der Waals surface area contributed by atoms with Gasteiger partial charge in [0, 0.05) is 24.2 Å². The molecule has 1 aliphatic heterocycles. The van der Waals surface area contributed by atoms with Gasteiger partial charge in [-0.3, -0.25) is 9.69 Å². The van der Waals surface area contributed by atoms with Crippen LogP contribution in [0.5, 0.6) is 5.75 Å². The normalized spacial score (nSPS) is 20.6. The molecule has 7 heteroatoms. The van der Waals surface area contributed by atoms with Crippen molar-refractivity contribution in [2.24, 2.45) is 5.92 Å². The highest BCUT2D eigenvalue weighted by Gasteiger charge is 2.53. The van der Waals surface area contributed by atoms with E-state index in [-0.39, 0.29) is 12.6 Å². The Morgan fingerprint density at radius 1 is 0.949 bits per heavy atom. The predicted molar refractivity (Wildman–Crippen MR) is 150 cm³/mol. The van der Waals surface area contributed by atoms with Crippen LogP contribution in [0.2, 0.25) is 0 Å². The first-order chi connectivity index (χ1) is 18.8. The summed E-state index contributed by atoms with van der Waals surface area (Å²) in [4.78, 5) is 28.5. The molecule has 1 N–H and O–H groups in total. The number of carbonyl (C=O) groups is 2. The maximum absolute atomic E-state index is 13.6. The van der Waals surface area contributed by atoms with Crippen LogP contribution < -0.4 is 10.1 Å². The Bertz CT molecular complexity index is 1250. The molecule has 1 fully saturated rings. The molecule has 4 atom stereocenters. The fourth-order valence-corrected chi connectivity index (χ4v) is 5.43. The van der Waals surface area contributed by atoms with E-state index in [2.05, 4.69) is 31.3 Å². The van der Waals surface area contributed by atoms with Crippen molar-refractivity contribution in [1.82, 2.24) is 10.2 Å². The van der Waals surface area contributed by atoms with Crippen molar-refractivity contribution in [2.45, 2.75) is 58.0 Å². The average molecular weight is 531 g/mol. The summed E-state index contributed by atoms with van der Waals surface area (Å²) in [7, 11) is 3.04. The zero-order chi connectivity index (χ0) is 27.9. The number of nitrogens with zero attached hydrogens (tertiary/aromatic N) is 1. The number of esters is 1. The molecule has 3 aromatic carbocycles. The van der Waals surface area contributed by atoms with Crippen molar-refractivity contribution in [2.75, 3.05) is 14.2 Å². The van der Waals surface area contributed by atoms with Crippen molar-refractivity contribution in [3.8, 4) is 5.75 Å². The van der Waals surface area contributed by atoms with Crippen LogP contribution >= 0.6 is 0 Å². The zero-order valence-electron chi connectivity index (χ0n) is 23.3. The van der Waals surface area contributed by atoms with E-state index in [0.29, 0.717) is 12.5 Å². The van der Waals surface area contributed by atoms with E-state index in [9.17, 15) is 9.59 Å². The number of benzene rings is 3. The van der Waals surface area contributed by atoms with E-state index >= 15 is 0 Å². The molecule has 1 amide bonds. The molecular weight excluding hydrogens is 492 g/mol. The van der Waals surface area contributed by atoms with Crippen LogP contribution in [0.1, 0.15) is 55.0 Å². The molecule has 0 aromatic heterocycles. The summed E-state index contributed by atoms with van der Waals surface area (Å²) in [5, 5.41) is 3.61. The van der Waals surface area contributed by atoms with Crippen LogP contribution in [0.15, 0.2) is 78.9 Å². The van der Waals surface area contributed by atoms with Crippen LogP contribution in [0.25, 0.3) is 0 Å². The molecule has 206 valence electrons. The van der Waals surface area contributed by atoms with Crippen molar-refractivity contribution in [3.05, 3.63) is 101 Å². The van der Waals surface area contributed by atoms with Crippen LogP contribution in [-0.2, 0) is 27.4 Å². The lowest BCUT2D eigenvalue weighted by atomic mass is 9.90. The second-order valence-corrected chi connectivity index (χ2v) is 10.2. The van der Waals surface area contributed by atoms with Crippen molar-refractivity contribution in [3.63, 3.8) is 0 Å². The lowest BCUT2D eigenvalue weighted by Crippen LogP contribution is -2.42. The number of hydrogen-bond donors (Lipinski definition) is 1. The molecule has 1 aliphatic rings. The molecule has 39 heavy (non-hydrogen) atoms. The van der Waals surface area contributed by atoms with E-state index in [0.717, 1.165) is 22.4 Å². The monoisotopic (exact) mass is 530 g/mol. The third-order valence-electron chi connectivity index (χ3n) is 7.51. The highest BCUT2D eigenvalue weighted by atomic mass is 16.6. The molecule has 4 rings (SSSR count). The molecule has 4 unspecified atom stereocenters. The number of amides is 1. The maximum atomic E-state index is 13.6.